The van der Waals surface area contributed by atoms with Gasteiger partial charge in [0.25, 0.3) is 0 Å². The van der Waals surface area contributed by atoms with Crippen LogP contribution in [0.4, 0.5) is 5.13 Å². The topological polar surface area (TPSA) is 33.2 Å². The van der Waals surface area contributed by atoms with Crippen LogP contribution in [0.25, 0.3) is 0 Å². The third-order valence-electron chi connectivity index (χ3n) is 2.81. The molecule has 1 aromatic heterocycles. The maximum absolute atomic E-state index is 10.8. The van der Waals surface area contributed by atoms with Crippen molar-refractivity contribution in [2.24, 2.45) is 5.92 Å². The monoisotopic (exact) mass is 240 g/mol. The van der Waals surface area contributed by atoms with Gasteiger partial charge in [-0.1, -0.05) is 31.6 Å². The fourth-order valence-electron chi connectivity index (χ4n) is 1.49. The molecule has 1 aromatic rings. The van der Waals surface area contributed by atoms with Crippen LogP contribution < -0.4 is 4.90 Å². The lowest BCUT2D eigenvalue weighted by atomic mass is 10.1. The van der Waals surface area contributed by atoms with Gasteiger partial charge in [-0.25, -0.2) is 4.98 Å². The van der Waals surface area contributed by atoms with Crippen LogP contribution in [-0.2, 0) is 0 Å². The summed E-state index contributed by atoms with van der Waals surface area (Å²) in [5, 5.41) is 0.974. The fraction of sp³-hybridized carbons (Fsp3) is 0.667. The van der Waals surface area contributed by atoms with E-state index in [9.17, 15) is 4.79 Å². The number of aromatic nitrogens is 1. The van der Waals surface area contributed by atoms with Crippen LogP contribution in [0.1, 0.15) is 42.6 Å². The Morgan fingerprint density at radius 1 is 1.50 bits per heavy atom. The van der Waals surface area contributed by atoms with Crippen LogP contribution >= 0.6 is 11.3 Å². The Balaban J connectivity index is 2.82. The van der Waals surface area contributed by atoms with Gasteiger partial charge in [-0.3, -0.25) is 4.79 Å². The Morgan fingerprint density at radius 2 is 2.19 bits per heavy atom. The molecule has 0 N–H and O–H groups in total. The van der Waals surface area contributed by atoms with E-state index in [-0.39, 0.29) is 0 Å². The van der Waals surface area contributed by atoms with E-state index in [0.29, 0.717) is 5.92 Å². The molecular formula is C12H20N2OS. The maximum Gasteiger partial charge on any atom is 0.186 e. The molecular weight excluding hydrogens is 220 g/mol. The van der Waals surface area contributed by atoms with Crippen molar-refractivity contribution in [2.45, 2.75) is 34.1 Å². The SMILES string of the molecule is CCC(C)CN(CC)c1nc(C)c(C=O)s1. The minimum absolute atomic E-state index is 0.656. The number of hydrogen-bond donors (Lipinski definition) is 0. The summed E-state index contributed by atoms with van der Waals surface area (Å²) in [5.74, 6) is 0.656. The fourth-order valence-corrected chi connectivity index (χ4v) is 2.44. The van der Waals surface area contributed by atoms with E-state index in [1.807, 2.05) is 6.92 Å². The molecule has 90 valence electrons. The molecule has 16 heavy (non-hydrogen) atoms. The number of rotatable bonds is 6. The van der Waals surface area contributed by atoms with Crippen molar-refractivity contribution in [3.05, 3.63) is 10.6 Å². The second-order valence-corrected chi connectivity index (χ2v) is 5.13. The third-order valence-corrected chi connectivity index (χ3v) is 3.95. The largest absolute Gasteiger partial charge is 0.348 e. The molecule has 0 aliphatic heterocycles. The van der Waals surface area contributed by atoms with Crippen LogP contribution in [-0.4, -0.2) is 24.4 Å². The van der Waals surface area contributed by atoms with Gasteiger partial charge in [-0.2, -0.15) is 0 Å². The van der Waals surface area contributed by atoms with E-state index in [1.54, 1.807) is 0 Å². The predicted molar refractivity (Wildman–Crippen MR) is 69.6 cm³/mol. The zero-order valence-electron chi connectivity index (χ0n) is 10.5. The summed E-state index contributed by atoms with van der Waals surface area (Å²) in [6.45, 7) is 10.4. The van der Waals surface area contributed by atoms with Gasteiger partial charge in [-0.15, -0.1) is 0 Å². The quantitative estimate of drug-likeness (QED) is 0.716. The molecule has 0 aliphatic rings. The van der Waals surface area contributed by atoms with Gasteiger partial charge < -0.3 is 4.90 Å². The van der Waals surface area contributed by atoms with Crippen molar-refractivity contribution in [1.29, 1.82) is 0 Å². The Morgan fingerprint density at radius 3 is 2.62 bits per heavy atom. The lowest BCUT2D eigenvalue weighted by Gasteiger charge is -2.23. The van der Waals surface area contributed by atoms with Crippen molar-refractivity contribution < 1.29 is 4.79 Å². The molecule has 0 bridgehead atoms. The second-order valence-electron chi connectivity index (χ2n) is 4.12. The van der Waals surface area contributed by atoms with Gasteiger partial charge in [0, 0.05) is 13.1 Å². The lowest BCUT2D eigenvalue weighted by molar-refractivity contribution is 0.112. The number of carbonyl (C=O) groups is 1. The van der Waals surface area contributed by atoms with Crippen LogP contribution in [0.3, 0.4) is 0 Å². The van der Waals surface area contributed by atoms with Gasteiger partial charge in [-0.05, 0) is 19.8 Å². The van der Waals surface area contributed by atoms with Crippen LogP contribution in [0, 0.1) is 12.8 Å². The molecule has 0 radical (unpaired) electrons. The number of carbonyl (C=O) groups excluding carboxylic acids is 1. The smallest absolute Gasteiger partial charge is 0.186 e. The molecule has 4 heteroatoms. The molecule has 1 unspecified atom stereocenters. The summed E-state index contributed by atoms with van der Waals surface area (Å²) in [7, 11) is 0. The summed E-state index contributed by atoms with van der Waals surface area (Å²) in [4.78, 5) is 18.2. The van der Waals surface area contributed by atoms with Crippen LogP contribution in [0.5, 0.6) is 0 Å². The normalized spacial score (nSPS) is 12.5. The first-order chi connectivity index (χ1) is 7.62. The Labute approximate surface area is 101 Å². The second kappa shape index (κ2) is 5.99. The summed E-state index contributed by atoms with van der Waals surface area (Å²) < 4.78 is 0. The highest BCUT2D eigenvalue weighted by Crippen LogP contribution is 2.25. The summed E-state index contributed by atoms with van der Waals surface area (Å²) in [5.41, 5.74) is 0.845. The molecule has 0 aliphatic carbocycles. The number of thiazole rings is 1. The molecule has 3 nitrogen and oxygen atoms in total. The summed E-state index contributed by atoms with van der Waals surface area (Å²) >= 11 is 1.49. The van der Waals surface area contributed by atoms with E-state index in [1.165, 1.54) is 17.8 Å². The van der Waals surface area contributed by atoms with E-state index < -0.39 is 0 Å². The van der Waals surface area contributed by atoms with Crippen LogP contribution in [0.2, 0.25) is 0 Å². The molecule has 0 saturated carbocycles. The number of hydrogen-bond acceptors (Lipinski definition) is 4. The highest BCUT2D eigenvalue weighted by molar-refractivity contribution is 7.17. The molecule has 0 spiro atoms. The van der Waals surface area contributed by atoms with Gasteiger partial charge in [0.1, 0.15) is 0 Å². The highest BCUT2D eigenvalue weighted by atomic mass is 32.1. The average molecular weight is 240 g/mol. The zero-order valence-corrected chi connectivity index (χ0v) is 11.3. The first-order valence-electron chi connectivity index (χ1n) is 5.79. The van der Waals surface area contributed by atoms with Crippen molar-refractivity contribution in [3.63, 3.8) is 0 Å². The zero-order chi connectivity index (χ0) is 12.1. The number of anilines is 1. The molecule has 1 heterocycles. The summed E-state index contributed by atoms with van der Waals surface area (Å²) in [6, 6.07) is 0. The Bertz CT molecular complexity index is 349. The van der Waals surface area contributed by atoms with Crippen LogP contribution in [0.15, 0.2) is 0 Å². The number of aldehydes is 1. The van der Waals surface area contributed by atoms with Gasteiger partial charge in [0.15, 0.2) is 11.4 Å². The van der Waals surface area contributed by atoms with Crippen molar-refractivity contribution >= 4 is 22.8 Å². The number of nitrogens with zero attached hydrogens (tertiary/aromatic N) is 2. The Kier molecular flexibility index (Phi) is 4.93. The minimum Gasteiger partial charge on any atom is -0.348 e. The van der Waals surface area contributed by atoms with Gasteiger partial charge >= 0.3 is 0 Å². The maximum atomic E-state index is 10.8. The third kappa shape index (κ3) is 3.04. The molecule has 1 rings (SSSR count). The molecule has 0 saturated heterocycles. The van der Waals surface area contributed by atoms with E-state index in [4.69, 9.17) is 0 Å². The predicted octanol–water partition coefficient (Wildman–Crippen LogP) is 3.14. The molecule has 0 fully saturated rings. The van der Waals surface area contributed by atoms with E-state index in [0.717, 1.165) is 35.1 Å². The molecule has 0 aromatic carbocycles. The van der Waals surface area contributed by atoms with Crippen molar-refractivity contribution in [1.82, 2.24) is 4.98 Å². The first kappa shape index (κ1) is 13.2. The van der Waals surface area contributed by atoms with Crippen molar-refractivity contribution in [3.8, 4) is 0 Å². The molecule has 0 amide bonds. The van der Waals surface area contributed by atoms with Gasteiger partial charge in [0.2, 0.25) is 0 Å². The average Bonchev–Trinajstić information content (AvgIpc) is 2.66. The number of aryl methyl sites for hydroxylation is 1. The molecule has 1 atom stereocenters. The van der Waals surface area contributed by atoms with E-state index >= 15 is 0 Å². The minimum atomic E-state index is 0.656. The summed E-state index contributed by atoms with van der Waals surface area (Å²) in [6.07, 6.45) is 2.06. The van der Waals surface area contributed by atoms with E-state index in [2.05, 4.69) is 30.7 Å². The highest BCUT2D eigenvalue weighted by Gasteiger charge is 2.14. The lowest BCUT2D eigenvalue weighted by Crippen LogP contribution is -2.27. The Hall–Kier alpha value is -0.900. The standard InChI is InChI=1S/C12H20N2OS/c1-5-9(3)7-14(6-2)12-13-10(4)11(8-15)16-12/h8-9H,5-7H2,1-4H3. The van der Waals surface area contributed by atoms with Gasteiger partial charge in [0.05, 0.1) is 10.6 Å². The van der Waals surface area contributed by atoms with Crippen molar-refractivity contribution in [2.75, 3.05) is 18.0 Å². The first-order valence-corrected chi connectivity index (χ1v) is 6.61.